The second-order valence-corrected chi connectivity index (χ2v) is 9.63. The molecule has 2 aliphatic carbocycles. The van der Waals surface area contributed by atoms with Crippen molar-refractivity contribution in [3.05, 3.63) is 104 Å². The van der Waals surface area contributed by atoms with E-state index < -0.39 is 20.8 Å². The molecule has 0 N–H and O–H groups in total. The summed E-state index contributed by atoms with van der Waals surface area (Å²) in [6.45, 7) is 12.9. The predicted octanol–water partition coefficient (Wildman–Crippen LogP) is 8.26. The van der Waals surface area contributed by atoms with Gasteiger partial charge in [-0.1, -0.05) is 78.7 Å². The van der Waals surface area contributed by atoms with Gasteiger partial charge in [0.25, 0.3) is 0 Å². The third-order valence-corrected chi connectivity index (χ3v) is 4.32. The van der Waals surface area contributed by atoms with Crippen LogP contribution >= 0.6 is 17.0 Å². The molecule has 0 heterocycles. The number of hydrogen-bond donors (Lipinski definition) is 0. The molecule has 27 heavy (non-hydrogen) atoms. The summed E-state index contributed by atoms with van der Waals surface area (Å²) in [6, 6.07) is 17.0. The molecule has 2 atom stereocenters. The van der Waals surface area contributed by atoms with Crippen molar-refractivity contribution in [2.24, 2.45) is 0 Å². The molecule has 0 amide bonds. The molecule has 0 aliphatic heterocycles. The van der Waals surface area contributed by atoms with E-state index in [1.807, 2.05) is 0 Å². The Morgan fingerprint density at radius 3 is 1.89 bits per heavy atom. The average molecular weight is 478 g/mol. The zero-order valence-corrected chi connectivity index (χ0v) is 19.8. The Bertz CT molecular complexity index is 722. The summed E-state index contributed by atoms with van der Waals surface area (Å²) in [5.41, 5.74) is 5.53. The van der Waals surface area contributed by atoms with Gasteiger partial charge >= 0.3 is 37.9 Å². The second kappa shape index (κ2) is 14.4. The molecular weight excluding hydrogens is 450 g/mol. The van der Waals surface area contributed by atoms with Crippen LogP contribution in [0.15, 0.2) is 60.7 Å². The van der Waals surface area contributed by atoms with Gasteiger partial charge in [0.15, 0.2) is 0 Å². The van der Waals surface area contributed by atoms with Crippen LogP contribution in [-0.2, 0) is 20.8 Å². The molecule has 0 spiro atoms. The summed E-state index contributed by atoms with van der Waals surface area (Å²) < 4.78 is 0. The van der Waals surface area contributed by atoms with Crippen LogP contribution < -0.4 is 0 Å². The zero-order valence-electron chi connectivity index (χ0n) is 15.9. The Balaban J connectivity index is 0.000000221. The molecule has 0 nitrogen and oxygen atoms in total. The van der Waals surface area contributed by atoms with Crippen molar-refractivity contribution in [2.45, 2.75) is 31.6 Å². The molecule has 0 radical (unpaired) electrons. The van der Waals surface area contributed by atoms with E-state index in [2.05, 4.69) is 93.6 Å². The number of fused-ring (bicyclic) bond motifs is 2. The Hall–Kier alpha value is -0.617. The standard InChI is InChI=1S/C12H13.C10H9.C2H5.2ClH.Zr/c1-2-5-10-8-9-11-6-3-4-7-12(10)11;1-8-6-7-9-4-2-3-5-10(8)9;1-2;;;/h3-4,6-10H,1-2,5H2;2-8H,1H2;1H2,2H3;2*1H;/q3*-1;;;+2/p-2. The van der Waals surface area contributed by atoms with Crippen LogP contribution in [-0.4, -0.2) is 0 Å². The first-order valence-electron chi connectivity index (χ1n) is 9.04. The first-order valence-corrected chi connectivity index (χ1v) is 15.4. The van der Waals surface area contributed by atoms with Crippen molar-refractivity contribution in [3.8, 4) is 0 Å². The van der Waals surface area contributed by atoms with Gasteiger partial charge in [-0.05, 0) is 16.7 Å². The van der Waals surface area contributed by atoms with Crippen LogP contribution in [0.25, 0.3) is 12.2 Å². The molecule has 3 heteroatoms. The Morgan fingerprint density at radius 2 is 1.33 bits per heavy atom. The third-order valence-electron chi connectivity index (χ3n) is 4.32. The van der Waals surface area contributed by atoms with E-state index >= 15 is 0 Å². The van der Waals surface area contributed by atoms with E-state index in [9.17, 15) is 0 Å². The molecule has 2 aromatic rings. The fourth-order valence-electron chi connectivity index (χ4n) is 3.12. The molecule has 2 aromatic carbocycles. The van der Waals surface area contributed by atoms with Gasteiger partial charge in [-0.15, -0.1) is 12.0 Å². The Kier molecular flexibility index (Phi) is 13.0. The van der Waals surface area contributed by atoms with Crippen LogP contribution in [0.5, 0.6) is 0 Å². The molecule has 4 rings (SSSR count). The molecule has 0 bridgehead atoms. The van der Waals surface area contributed by atoms with Crippen molar-refractivity contribution < 1.29 is 20.8 Å². The fraction of sp³-hybridized carbons (Fsp3) is 0.208. The molecule has 0 saturated heterocycles. The maximum absolute atomic E-state index is 4.93. The van der Waals surface area contributed by atoms with Crippen LogP contribution in [0, 0.1) is 20.8 Å². The minimum absolute atomic E-state index is 0.371. The summed E-state index contributed by atoms with van der Waals surface area (Å²) in [5, 5.41) is 0. The normalized spacial score (nSPS) is 17.3. The maximum atomic E-state index is 4.93. The summed E-state index contributed by atoms with van der Waals surface area (Å²) >= 11 is -0.826. The molecule has 2 unspecified atom stereocenters. The van der Waals surface area contributed by atoms with Crippen LogP contribution in [0.1, 0.15) is 53.9 Å². The van der Waals surface area contributed by atoms with Gasteiger partial charge in [-0.3, -0.25) is 0 Å². The van der Waals surface area contributed by atoms with Gasteiger partial charge in [0, 0.05) is 5.92 Å². The molecule has 0 saturated carbocycles. The van der Waals surface area contributed by atoms with Crippen LogP contribution in [0.2, 0.25) is 0 Å². The average Bonchev–Trinajstić information content (AvgIpc) is 3.30. The second-order valence-electron chi connectivity index (χ2n) is 5.90. The topological polar surface area (TPSA) is 0 Å². The van der Waals surface area contributed by atoms with Crippen molar-refractivity contribution in [3.63, 3.8) is 0 Å². The van der Waals surface area contributed by atoms with Gasteiger partial charge < -0.3 is 20.8 Å². The zero-order chi connectivity index (χ0) is 20.1. The molecular formula is C24H27Cl2Zr-3. The third kappa shape index (κ3) is 7.73. The summed E-state index contributed by atoms with van der Waals surface area (Å²) in [7, 11) is 9.87. The molecule has 0 aromatic heterocycles. The number of rotatable bonds is 2. The van der Waals surface area contributed by atoms with Gasteiger partial charge in [-0.25, -0.2) is 0 Å². The Morgan fingerprint density at radius 1 is 0.852 bits per heavy atom. The first-order chi connectivity index (χ1) is 13.2. The van der Waals surface area contributed by atoms with Crippen molar-refractivity contribution in [1.82, 2.24) is 0 Å². The monoisotopic (exact) mass is 475 g/mol. The first kappa shape index (κ1) is 24.4. The summed E-state index contributed by atoms with van der Waals surface area (Å²) in [6.07, 6.45) is 11.0. The number of hydrogen-bond acceptors (Lipinski definition) is 0. The number of benzene rings is 2. The van der Waals surface area contributed by atoms with E-state index in [0.29, 0.717) is 11.8 Å². The summed E-state index contributed by atoms with van der Waals surface area (Å²) in [5.74, 6) is 0.995. The quantitative estimate of drug-likeness (QED) is 0.382. The van der Waals surface area contributed by atoms with E-state index in [1.165, 1.54) is 28.7 Å². The van der Waals surface area contributed by atoms with Crippen molar-refractivity contribution >= 4 is 29.2 Å². The van der Waals surface area contributed by atoms with E-state index in [-0.39, 0.29) is 0 Å². The van der Waals surface area contributed by atoms with E-state index in [1.54, 1.807) is 6.92 Å². The van der Waals surface area contributed by atoms with Crippen LogP contribution in [0.3, 0.4) is 0 Å². The van der Waals surface area contributed by atoms with Crippen LogP contribution in [0.4, 0.5) is 0 Å². The Labute approximate surface area is 184 Å². The predicted molar refractivity (Wildman–Crippen MR) is 119 cm³/mol. The van der Waals surface area contributed by atoms with Crippen molar-refractivity contribution in [2.75, 3.05) is 0 Å². The molecule has 2 aliphatic rings. The van der Waals surface area contributed by atoms with Gasteiger partial charge in [0.05, 0.1) is 0 Å². The summed E-state index contributed by atoms with van der Waals surface area (Å²) in [4.78, 5) is 0. The van der Waals surface area contributed by atoms with Crippen molar-refractivity contribution in [1.29, 1.82) is 0 Å². The number of allylic oxidation sites excluding steroid dienone is 2. The molecule has 144 valence electrons. The van der Waals surface area contributed by atoms with Gasteiger partial charge in [0.2, 0.25) is 0 Å². The van der Waals surface area contributed by atoms with Gasteiger partial charge in [-0.2, -0.15) is 13.3 Å². The minimum atomic E-state index is -0.826. The molecule has 0 fully saturated rings. The fourth-order valence-corrected chi connectivity index (χ4v) is 3.12. The number of halogens is 2. The van der Waals surface area contributed by atoms with E-state index in [4.69, 9.17) is 17.0 Å². The van der Waals surface area contributed by atoms with E-state index in [0.717, 1.165) is 6.42 Å². The van der Waals surface area contributed by atoms with Gasteiger partial charge in [0.1, 0.15) is 0 Å². The SMILES string of the molecule is [CH2-]C.[CH2-]C1C=Cc2ccccc21.[CH2-]CCC1C=Cc2ccccc21.[Cl][Zr][Cl].